The van der Waals surface area contributed by atoms with Gasteiger partial charge in [0.05, 0.1) is 18.2 Å². The predicted octanol–water partition coefficient (Wildman–Crippen LogP) is 2.90. The summed E-state index contributed by atoms with van der Waals surface area (Å²) < 4.78 is 31.4. The standard InChI is InChI=1S/C18H16ClF2N3O4/c19-12-4-2-1-3-11(12)14(24-18(22)27)8-17(26)28-9-16(25)23-15-7-10(20)5-6-13(15)21/h1-7,14H,8-9H2,(H,23,25)(H3,22,24,27)/t14-/m1/s1. The van der Waals surface area contributed by atoms with Gasteiger partial charge < -0.3 is 21.1 Å². The number of primary amides is 1. The Morgan fingerprint density at radius 2 is 1.86 bits per heavy atom. The Balaban J connectivity index is 1.95. The molecular weight excluding hydrogens is 396 g/mol. The second kappa shape index (κ2) is 9.65. The number of hydrogen-bond donors (Lipinski definition) is 3. The molecule has 0 heterocycles. The Morgan fingerprint density at radius 1 is 1.14 bits per heavy atom. The molecule has 0 bridgehead atoms. The minimum atomic E-state index is -0.878. The molecule has 0 saturated carbocycles. The van der Waals surface area contributed by atoms with Gasteiger partial charge in [0.2, 0.25) is 0 Å². The number of urea groups is 1. The van der Waals surface area contributed by atoms with Crippen LogP contribution in [0.5, 0.6) is 0 Å². The molecule has 0 aliphatic carbocycles. The number of rotatable bonds is 7. The number of carbonyl (C=O) groups excluding carboxylic acids is 3. The van der Waals surface area contributed by atoms with Gasteiger partial charge in [0.15, 0.2) is 6.61 Å². The molecule has 0 aliphatic heterocycles. The molecule has 0 unspecified atom stereocenters. The Kier molecular flexibility index (Phi) is 7.28. The fourth-order valence-electron chi connectivity index (χ4n) is 2.32. The highest BCUT2D eigenvalue weighted by Crippen LogP contribution is 2.25. The highest BCUT2D eigenvalue weighted by molar-refractivity contribution is 6.31. The van der Waals surface area contributed by atoms with E-state index in [1.165, 1.54) is 0 Å². The topological polar surface area (TPSA) is 111 Å². The monoisotopic (exact) mass is 411 g/mol. The van der Waals surface area contributed by atoms with E-state index < -0.39 is 42.2 Å². The second-order valence-corrected chi connectivity index (χ2v) is 6.03. The van der Waals surface area contributed by atoms with E-state index in [0.717, 1.165) is 18.2 Å². The van der Waals surface area contributed by atoms with E-state index in [-0.39, 0.29) is 12.1 Å². The van der Waals surface area contributed by atoms with Crippen molar-refractivity contribution in [3.63, 3.8) is 0 Å². The minimum Gasteiger partial charge on any atom is -0.455 e. The van der Waals surface area contributed by atoms with E-state index in [0.29, 0.717) is 10.6 Å². The minimum absolute atomic E-state index is 0.299. The molecule has 148 valence electrons. The van der Waals surface area contributed by atoms with E-state index >= 15 is 0 Å². The molecular formula is C18H16ClF2N3O4. The first-order chi connectivity index (χ1) is 13.3. The van der Waals surface area contributed by atoms with Crippen molar-refractivity contribution in [3.05, 3.63) is 64.7 Å². The molecule has 10 heteroatoms. The summed E-state index contributed by atoms with van der Waals surface area (Å²) in [4.78, 5) is 35.0. The van der Waals surface area contributed by atoms with Gasteiger partial charge in [0.25, 0.3) is 5.91 Å². The predicted molar refractivity (Wildman–Crippen MR) is 97.5 cm³/mol. The number of ether oxygens (including phenoxy) is 1. The number of nitrogens with one attached hydrogen (secondary N) is 2. The fraction of sp³-hybridized carbons (Fsp3) is 0.167. The number of amides is 3. The van der Waals surface area contributed by atoms with Gasteiger partial charge in [-0.05, 0) is 23.8 Å². The van der Waals surface area contributed by atoms with E-state index in [9.17, 15) is 23.2 Å². The molecule has 0 aliphatic rings. The van der Waals surface area contributed by atoms with Crippen LogP contribution >= 0.6 is 11.6 Å². The first kappa shape index (κ1) is 21.1. The molecule has 3 amide bonds. The van der Waals surface area contributed by atoms with Crippen LogP contribution in [0.15, 0.2) is 42.5 Å². The lowest BCUT2D eigenvalue weighted by atomic mass is 10.0. The summed E-state index contributed by atoms with van der Waals surface area (Å²) in [6, 6.07) is 7.27. The van der Waals surface area contributed by atoms with Crippen molar-refractivity contribution in [1.29, 1.82) is 0 Å². The van der Waals surface area contributed by atoms with Crippen molar-refractivity contribution < 1.29 is 27.9 Å². The Bertz CT molecular complexity index is 895. The molecule has 0 saturated heterocycles. The van der Waals surface area contributed by atoms with E-state index in [2.05, 4.69) is 10.6 Å². The van der Waals surface area contributed by atoms with Crippen LogP contribution in [0.1, 0.15) is 18.0 Å². The zero-order valence-electron chi connectivity index (χ0n) is 14.4. The molecule has 2 rings (SSSR count). The maximum atomic E-state index is 13.5. The maximum absolute atomic E-state index is 13.5. The van der Waals surface area contributed by atoms with Gasteiger partial charge in [-0.3, -0.25) is 9.59 Å². The molecule has 4 N–H and O–H groups in total. The van der Waals surface area contributed by atoms with Crippen LogP contribution in [0.3, 0.4) is 0 Å². The lowest BCUT2D eigenvalue weighted by molar-refractivity contribution is -0.147. The zero-order chi connectivity index (χ0) is 20.7. The van der Waals surface area contributed by atoms with Crippen LogP contribution in [-0.4, -0.2) is 24.5 Å². The van der Waals surface area contributed by atoms with Crippen molar-refractivity contribution in [1.82, 2.24) is 5.32 Å². The van der Waals surface area contributed by atoms with Gasteiger partial charge in [-0.1, -0.05) is 29.8 Å². The number of halogens is 3. The zero-order valence-corrected chi connectivity index (χ0v) is 15.1. The quantitative estimate of drug-likeness (QED) is 0.608. The Hall–Kier alpha value is -3.20. The van der Waals surface area contributed by atoms with E-state index in [1.807, 2.05) is 0 Å². The van der Waals surface area contributed by atoms with Gasteiger partial charge >= 0.3 is 12.0 Å². The van der Waals surface area contributed by atoms with Crippen LogP contribution in [0, 0.1) is 11.6 Å². The summed E-state index contributed by atoms with van der Waals surface area (Å²) in [5, 5.41) is 4.76. The smallest absolute Gasteiger partial charge is 0.312 e. The Morgan fingerprint density at radius 3 is 2.54 bits per heavy atom. The van der Waals surface area contributed by atoms with Crippen LogP contribution in [0.4, 0.5) is 19.3 Å². The van der Waals surface area contributed by atoms with Gasteiger partial charge in [-0.2, -0.15) is 0 Å². The number of hydrogen-bond acceptors (Lipinski definition) is 4. The molecule has 2 aromatic carbocycles. The molecule has 0 spiro atoms. The average molecular weight is 412 g/mol. The lowest BCUT2D eigenvalue weighted by Crippen LogP contribution is -2.35. The number of benzene rings is 2. The SMILES string of the molecule is NC(=O)N[C@H](CC(=O)OCC(=O)Nc1cc(F)ccc1F)c1ccccc1Cl. The normalized spacial score (nSPS) is 11.4. The van der Waals surface area contributed by atoms with Gasteiger partial charge in [0.1, 0.15) is 11.6 Å². The van der Waals surface area contributed by atoms with Gasteiger partial charge in [0, 0.05) is 11.1 Å². The molecule has 1 atom stereocenters. The van der Waals surface area contributed by atoms with Gasteiger partial charge in [-0.25, -0.2) is 13.6 Å². The third-order valence-corrected chi connectivity index (χ3v) is 3.88. The summed E-state index contributed by atoms with van der Waals surface area (Å²) >= 11 is 6.06. The van der Waals surface area contributed by atoms with Crippen LogP contribution in [0.25, 0.3) is 0 Å². The Labute approximate surface area is 163 Å². The summed E-state index contributed by atoms with van der Waals surface area (Å²) in [6.45, 7) is -0.736. The third kappa shape index (κ3) is 6.20. The second-order valence-electron chi connectivity index (χ2n) is 5.62. The molecule has 7 nitrogen and oxygen atoms in total. The third-order valence-electron chi connectivity index (χ3n) is 3.53. The maximum Gasteiger partial charge on any atom is 0.312 e. The van der Waals surface area contributed by atoms with Crippen molar-refractivity contribution in [2.75, 3.05) is 11.9 Å². The van der Waals surface area contributed by atoms with Crippen molar-refractivity contribution in [2.24, 2.45) is 5.73 Å². The van der Waals surface area contributed by atoms with Crippen molar-refractivity contribution >= 4 is 35.2 Å². The number of anilines is 1. The summed E-state index contributed by atoms with van der Waals surface area (Å²) in [7, 11) is 0. The molecule has 0 aromatic heterocycles. The molecule has 0 fully saturated rings. The number of nitrogens with two attached hydrogens (primary N) is 1. The highest BCUT2D eigenvalue weighted by atomic mass is 35.5. The summed E-state index contributed by atoms with van der Waals surface area (Å²) in [5.41, 5.74) is 5.17. The average Bonchev–Trinajstić information content (AvgIpc) is 2.62. The number of esters is 1. The molecule has 0 radical (unpaired) electrons. The summed E-state index contributed by atoms with van der Waals surface area (Å²) in [6.07, 6.45) is -0.353. The molecule has 2 aromatic rings. The first-order valence-corrected chi connectivity index (χ1v) is 8.35. The van der Waals surface area contributed by atoms with Gasteiger partial charge in [-0.15, -0.1) is 0 Å². The largest absolute Gasteiger partial charge is 0.455 e. The lowest BCUT2D eigenvalue weighted by Gasteiger charge is -2.18. The number of carbonyl (C=O) groups is 3. The summed E-state index contributed by atoms with van der Waals surface area (Å²) in [5.74, 6) is -3.29. The van der Waals surface area contributed by atoms with Crippen LogP contribution < -0.4 is 16.4 Å². The highest BCUT2D eigenvalue weighted by Gasteiger charge is 2.21. The fourth-order valence-corrected chi connectivity index (χ4v) is 2.59. The van der Waals surface area contributed by atoms with Crippen molar-refractivity contribution in [3.8, 4) is 0 Å². The van der Waals surface area contributed by atoms with E-state index in [4.69, 9.17) is 22.1 Å². The first-order valence-electron chi connectivity index (χ1n) is 7.97. The van der Waals surface area contributed by atoms with Crippen molar-refractivity contribution in [2.45, 2.75) is 12.5 Å². The van der Waals surface area contributed by atoms with Crippen LogP contribution in [-0.2, 0) is 14.3 Å². The molecule has 28 heavy (non-hydrogen) atoms. The van der Waals surface area contributed by atoms with E-state index in [1.54, 1.807) is 24.3 Å². The van der Waals surface area contributed by atoms with Crippen LogP contribution in [0.2, 0.25) is 5.02 Å².